The Morgan fingerprint density at radius 1 is 1.08 bits per heavy atom. The summed E-state index contributed by atoms with van der Waals surface area (Å²) in [6.07, 6.45) is -0.414. The van der Waals surface area contributed by atoms with E-state index in [0.717, 1.165) is 16.7 Å². The Hall–Kier alpha value is -2.62. The first kappa shape index (κ1) is 15.9. The molecule has 0 bridgehead atoms. The Bertz CT molecular complexity index is 812. The molecule has 4 heteroatoms. The van der Waals surface area contributed by atoms with Gasteiger partial charge in [-0.3, -0.25) is 9.59 Å². The topological polar surface area (TPSA) is 52.6 Å². The van der Waals surface area contributed by atoms with Crippen LogP contribution in [0.2, 0.25) is 0 Å². The highest BCUT2D eigenvalue weighted by Gasteiger charge is 2.83. The standard InChI is InChI=1S/C21H20O4/c1-3-24-19(22)21-16(14-7-5-4-6-8-14)17(21)18(25-20(21)23)15-11-9-13(2)10-12-15/h4-12,16-18H,3H2,1-2H3/t16-,17+,18+,21+/m0/s1. The Labute approximate surface area is 146 Å². The number of hydrogen-bond acceptors (Lipinski definition) is 4. The van der Waals surface area contributed by atoms with Crippen LogP contribution >= 0.6 is 0 Å². The third-order valence-corrected chi connectivity index (χ3v) is 5.34. The van der Waals surface area contributed by atoms with Crippen LogP contribution in [0, 0.1) is 18.3 Å². The van der Waals surface area contributed by atoms with Crippen molar-refractivity contribution < 1.29 is 19.1 Å². The van der Waals surface area contributed by atoms with Gasteiger partial charge in [0.2, 0.25) is 0 Å². The van der Waals surface area contributed by atoms with E-state index in [0.29, 0.717) is 0 Å². The summed E-state index contributed by atoms with van der Waals surface area (Å²) in [5.74, 6) is -1.34. The molecule has 0 aromatic heterocycles. The Balaban J connectivity index is 1.76. The summed E-state index contributed by atoms with van der Waals surface area (Å²) >= 11 is 0. The van der Waals surface area contributed by atoms with Gasteiger partial charge in [-0.15, -0.1) is 0 Å². The SMILES string of the molecule is CCOC(=O)[C@]12C(=O)O[C@H](c3ccc(C)cc3)[C@H]1[C@@H]2c1ccccc1. The van der Waals surface area contributed by atoms with Crippen LogP contribution in [0.15, 0.2) is 54.6 Å². The van der Waals surface area contributed by atoms with Gasteiger partial charge in [-0.1, -0.05) is 60.2 Å². The zero-order valence-corrected chi connectivity index (χ0v) is 14.3. The maximum atomic E-state index is 12.8. The van der Waals surface area contributed by atoms with E-state index in [1.807, 2.05) is 61.5 Å². The van der Waals surface area contributed by atoms with Crippen LogP contribution in [0.25, 0.3) is 0 Å². The lowest BCUT2D eigenvalue weighted by Crippen LogP contribution is -2.29. The van der Waals surface area contributed by atoms with Gasteiger partial charge in [0.15, 0.2) is 5.41 Å². The third-order valence-electron chi connectivity index (χ3n) is 5.34. The van der Waals surface area contributed by atoms with Crippen LogP contribution in [-0.2, 0) is 19.1 Å². The molecular weight excluding hydrogens is 316 g/mol. The lowest BCUT2D eigenvalue weighted by molar-refractivity contribution is -0.161. The maximum absolute atomic E-state index is 12.8. The van der Waals surface area contributed by atoms with Gasteiger partial charge in [0.05, 0.1) is 6.61 Å². The molecule has 25 heavy (non-hydrogen) atoms. The fourth-order valence-corrected chi connectivity index (χ4v) is 4.14. The molecule has 1 aliphatic carbocycles. The summed E-state index contributed by atoms with van der Waals surface area (Å²) in [7, 11) is 0. The fraction of sp³-hybridized carbons (Fsp3) is 0.333. The summed E-state index contributed by atoms with van der Waals surface area (Å²) in [5, 5.41) is 0. The molecule has 4 atom stereocenters. The lowest BCUT2D eigenvalue weighted by Gasteiger charge is -2.17. The summed E-state index contributed by atoms with van der Waals surface area (Å²) in [4.78, 5) is 25.5. The van der Waals surface area contributed by atoms with Crippen molar-refractivity contribution in [2.24, 2.45) is 11.3 Å². The van der Waals surface area contributed by atoms with Gasteiger partial charge in [-0.25, -0.2) is 0 Å². The van der Waals surface area contributed by atoms with Crippen molar-refractivity contribution in [2.75, 3.05) is 6.61 Å². The number of carbonyl (C=O) groups is 2. The molecule has 0 amide bonds. The predicted octanol–water partition coefficient (Wildman–Crippen LogP) is 3.56. The van der Waals surface area contributed by atoms with Crippen molar-refractivity contribution >= 4 is 11.9 Å². The van der Waals surface area contributed by atoms with Gasteiger partial charge >= 0.3 is 11.9 Å². The summed E-state index contributed by atoms with van der Waals surface area (Å²) in [6.45, 7) is 4.01. The summed E-state index contributed by atoms with van der Waals surface area (Å²) in [6, 6.07) is 17.6. The Morgan fingerprint density at radius 2 is 1.76 bits per heavy atom. The molecule has 2 aromatic carbocycles. The van der Waals surface area contributed by atoms with Crippen molar-refractivity contribution in [1.29, 1.82) is 0 Å². The molecule has 2 aliphatic rings. The molecule has 1 aliphatic heterocycles. The molecule has 0 unspecified atom stereocenters. The largest absolute Gasteiger partial charge is 0.465 e. The zero-order chi connectivity index (χ0) is 17.6. The van der Waals surface area contributed by atoms with Crippen molar-refractivity contribution in [3.8, 4) is 0 Å². The average molecular weight is 336 g/mol. The molecule has 2 fully saturated rings. The minimum Gasteiger partial charge on any atom is -0.465 e. The molecule has 128 valence electrons. The molecular formula is C21H20O4. The highest BCUT2D eigenvalue weighted by Crippen LogP contribution is 2.74. The second-order valence-corrected chi connectivity index (χ2v) is 6.74. The van der Waals surface area contributed by atoms with Gasteiger partial charge in [-0.05, 0) is 25.0 Å². The minimum atomic E-state index is -1.20. The maximum Gasteiger partial charge on any atom is 0.325 e. The first-order valence-corrected chi connectivity index (χ1v) is 8.60. The molecule has 0 N–H and O–H groups in total. The van der Waals surface area contributed by atoms with Crippen LogP contribution in [0.3, 0.4) is 0 Å². The van der Waals surface area contributed by atoms with Gasteiger partial charge in [0.25, 0.3) is 0 Å². The van der Waals surface area contributed by atoms with Crippen molar-refractivity contribution in [3.63, 3.8) is 0 Å². The number of aryl methyl sites for hydroxylation is 1. The number of cyclic esters (lactones) is 1. The molecule has 1 heterocycles. The first-order valence-electron chi connectivity index (χ1n) is 8.60. The highest BCUT2D eigenvalue weighted by atomic mass is 16.6. The van der Waals surface area contributed by atoms with Crippen LogP contribution in [-0.4, -0.2) is 18.5 Å². The second kappa shape index (κ2) is 5.73. The quantitative estimate of drug-likeness (QED) is 0.633. The Kier molecular flexibility index (Phi) is 3.64. The van der Waals surface area contributed by atoms with Crippen molar-refractivity contribution in [2.45, 2.75) is 25.9 Å². The molecule has 1 saturated heterocycles. The molecule has 0 spiro atoms. The number of fused-ring (bicyclic) bond motifs is 1. The van der Waals surface area contributed by atoms with E-state index in [4.69, 9.17) is 9.47 Å². The fourth-order valence-electron chi connectivity index (χ4n) is 4.14. The van der Waals surface area contributed by atoms with E-state index < -0.39 is 23.5 Å². The number of benzene rings is 2. The monoisotopic (exact) mass is 336 g/mol. The van der Waals surface area contributed by atoms with E-state index in [1.54, 1.807) is 6.92 Å². The van der Waals surface area contributed by atoms with Gasteiger partial charge in [0.1, 0.15) is 6.10 Å². The number of carbonyl (C=O) groups excluding carboxylic acids is 2. The van der Waals surface area contributed by atoms with Crippen LogP contribution in [0.1, 0.15) is 35.6 Å². The third kappa shape index (κ3) is 2.20. The first-order chi connectivity index (χ1) is 12.1. The van der Waals surface area contributed by atoms with E-state index >= 15 is 0 Å². The van der Waals surface area contributed by atoms with Gasteiger partial charge < -0.3 is 9.47 Å². The van der Waals surface area contributed by atoms with Crippen molar-refractivity contribution in [3.05, 3.63) is 71.3 Å². The minimum absolute atomic E-state index is 0.194. The van der Waals surface area contributed by atoms with Crippen molar-refractivity contribution in [1.82, 2.24) is 0 Å². The van der Waals surface area contributed by atoms with Gasteiger partial charge in [-0.2, -0.15) is 0 Å². The number of esters is 2. The highest BCUT2D eigenvalue weighted by molar-refractivity contribution is 6.08. The number of ether oxygens (including phenoxy) is 2. The van der Waals surface area contributed by atoms with E-state index in [9.17, 15) is 9.59 Å². The van der Waals surface area contributed by atoms with Crippen LogP contribution < -0.4 is 0 Å². The smallest absolute Gasteiger partial charge is 0.325 e. The van der Waals surface area contributed by atoms with Crippen LogP contribution in [0.5, 0.6) is 0 Å². The normalized spacial score (nSPS) is 29.7. The average Bonchev–Trinajstić information content (AvgIpc) is 3.24. The number of hydrogen-bond donors (Lipinski definition) is 0. The lowest BCUT2D eigenvalue weighted by atomic mass is 9.99. The molecule has 4 rings (SSSR count). The number of rotatable bonds is 4. The summed E-state index contributed by atoms with van der Waals surface area (Å²) < 4.78 is 10.9. The molecule has 1 saturated carbocycles. The summed E-state index contributed by atoms with van der Waals surface area (Å²) in [5.41, 5.74) is 1.84. The Morgan fingerprint density at radius 3 is 2.40 bits per heavy atom. The molecule has 2 aromatic rings. The van der Waals surface area contributed by atoms with Gasteiger partial charge in [0, 0.05) is 11.8 Å². The van der Waals surface area contributed by atoms with E-state index in [2.05, 4.69) is 0 Å². The second-order valence-electron chi connectivity index (χ2n) is 6.74. The van der Waals surface area contributed by atoms with E-state index in [1.165, 1.54) is 0 Å². The molecule has 0 radical (unpaired) electrons. The van der Waals surface area contributed by atoms with Crippen LogP contribution in [0.4, 0.5) is 0 Å². The zero-order valence-electron chi connectivity index (χ0n) is 14.3. The predicted molar refractivity (Wildman–Crippen MR) is 91.8 cm³/mol. The van der Waals surface area contributed by atoms with E-state index in [-0.39, 0.29) is 18.4 Å². The molecule has 4 nitrogen and oxygen atoms in total.